The average Bonchev–Trinajstić information content (AvgIpc) is 2.12. The van der Waals surface area contributed by atoms with Crippen LogP contribution in [0, 0.1) is 11.3 Å². The number of nitrogens with zero attached hydrogens (tertiary/aromatic N) is 2. The van der Waals surface area contributed by atoms with Gasteiger partial charge in [0.05, 0.1) is 6.07 Å². The molecule has 0 aliphatic heterocycles. The smallest absolute Gasteiger partial charge is 0.101 e. The molecule has 3 nitrogen and oxygen atoms in total. The molecule has 0 aromatic rings. The van der Waals surface area contributed by atoms with Gasteiger partial charge in [0, 0.05) is 0 Å². The predicted octanol–water partition coefficient (Wildman–Crippen LogP) is 1.35. The molecule has 3 heteroatoms. The Morgan fingerprint density at radius 2 is 1.92 bits per heavy atom. The Morgan fingerprint density at radius 3 is 2.31 bits per heavy atom. The van der Waals surface area contributed by atoms with E-state index >= 15 is 0 Å². The van der Waals surface area contributed by atoms with Crippen molar-refractivity contribution in [3.05, 3.63) is 0 Å². The Bertz CT molecular complexity index is 165. The van der Waals surface area contributed by atoms with Gasteiger partial charge >= 0.3 is 0 Å². The number of nitriles is 1. The highest BCUT2D eigenvalue weighted by Crippen LogP contribution is 2.07. The zero-order valence-corrected chi connectivity index (χ0v) is 9.01. The quantitative estimate of drug-likeness (QED) is 0.676. The monoisotopic (exact) mass is 183 g/mol. The number of rotatable bonds is 6. The van der Waals surface area contributed by atoms with E-state index in [0.717, 1.165) is 32.5 Å². The van der Waals surface area contributed by atoms with E-state index in [0.29, 0.717) is 0 Å². The summed E-state index contributed by atoms with van der Waals surface area (Å²) in [6.07, 6.45) is 1.78. The third kappa shape index (κ3) is 5.62. The van der Waals surface area contributed by atoms with Crippen molar-refractivity contribution in [3.8, 4) is 6.07 Å². The summed E-state index contributed by atoms with van der Waals surface area (Å²) in [5, 5.41) is 8.69. The van der Waals surface area contributed by atoms with Gasteiger partial charge in [0.2, 0.25) is 0 Å². The first-order chi connectivity index (χ1) is 6.05. The molecule has 0 heterocycles. The lowest BCUT2D eigenvalue weighted by Gasteiger charge is -2.20. The van der Waals surface area contributed by atoms with Gasteiger partial charge in [-0.25, -0.2) is 0 Å². The van der Waals surface area contributed by atoms with Gasteiger partial charge in [0.25, 0.3) is 0 Å². The third-order valence-corrected chi connectivity index (χ3v) is 2.32. The van der Waals surface area contributed by atoms with Crippen LogP contribution in [0.4, 0.5) is 0 Å². The molecule has 13 heavy (non-hydrogen) atoms. The summed E-state index contributed by atoms with van der Waals surface area (Å²) in [6.45, 7) is 9.27. The van der Waals surface area contributed by atoms with Crippen molar-refractivity contribution in [2.45, 2.75) is 39.2 Å². The average molecular weight is 183 g/mol. The van der Waals surface area contributed by atoms with Crippen LogP contribution in [0.5, 0.6) is 0 Å². The molecule has 0 spiro atoms. The van der Waals surface area contributed by atoms with Crippen LogP contribution in [-0.2, 0) is 0 Å². The fraction of sp³-hybridized carbons (Fsp3) is 0.900. The lowest BCUT2D eigenvalue weighted by atomic mass is 9.99. The molecule has 1 unspecified atom stereocenters. The van der Waals surface area contributed by atoms with E-state index < -0.39 is 5.54 Å². The van der Waals surface area contributed by atoms with E-state index in [2.05, 4.69) is 24.8 Å². The van der Waals surface area contributed by atoms with Crippen molar-refractivity contribution in [1.82, 2.24) is 4.90 Å². The van der Waals surface area contributed by atoms with Crippen LogP contribution >= 0.6 is 0 Å². The second-order valence-electron chi connectivity index (χ2n) is 3.66. The number of nitrogens with two attached hydrogens (primary N) is 1. The first-order valence-corrected chi connectivity index (χ1v) is 4.98. The molecule has 0 rings (SSSR count). The highest BCUT2D eigenvalue weighted by Gasteiger charge is 2.16. The van der Waals surface area contributed by atoms with Gasteiger partial charge in [-0.3, -0.25) is 0 Å². The van der Waals surface area contributed by atoms with Crippen LogP contribution in [0.2, 0.25) is 0 Å². The normalized spacial score (nSPS) is 15.4. The largest absolute Gasteiger partial charge is 0.314 e. The van der Waals surface area contributed by atoms with Crippen molar-refractivity contribution >= 4 is 0 Å². The predicted molar refractivity (Wildman–Crippen MR) is 55.2 cm³/mol. The fourth-order valence-corrected chi connectivity index (χ4v) is 1.27. The first kappa shape index (κ1) is 12.4. The molecule has 1 atom stereocenters. The molecule has 0 aromatic carbocycles. The minimum Gasteiger partial charge on any atom is -0.314 e. The second kappa shape index (κ2) is 5.95. The van der Waals surface area contributed by atoms with Gasteiger partial charge in [-0.1, -0.05) is 13.8 Å². The van der Waals surface area contributed by atoms with Crippen LogP contribution in [0.3, 0.4) is 0 Å². The van der Waals surface area contributed by atoms with E-state index in [4.69, 9.17) is 11.0 Å². The zero-order valence-electron chi connectivity index (χ0n) is 9.01. The summed E-state index contributed by atoms with van der Waals surface area (Å²) >= 11 is 0. The summed E-state index contributed by atoms with van der Waals surface area (Å²) in [5.41, 5.74) is 5.06. The molecular formula is C10H21N3. The van der Waals surface area contributed by atoms with Gasteiger partial charge < -0.3 is 10.6 Å². The Labute approximate surface area is 81.5 Å². The van der Waals surface area contributed by atoms with Crippen LogP contribution in [0.15, 0.2) is 0 Å². The summed E-state index contributed by atoms with van der Waals surface area (Å²) < 4.78 is 0. The number of hydrogen-bond donors (Lipinski definition) is 1. The summed E-state index contributed by atoms with van der Waals surface area (Å²) in [6, 6.07) is 2.11. The molecule has 0 radical (unpaired) electrons. The van der Waals surface area contributed by atoms with Crippen LogP contribution < -0.4 is 5.73 Å². The van der Waals surface area contributed by atoms with E-state index in [9.17, 15) is 0 Å². The van der Waals surface area contributed by atoms with Crippen molar-refractivity contribution in [2.24, 2.45) is 5.73 Å². The SMILES string of the molecule is CCN(CC)CCCC(C)(N)C#N. The molecule has 0 saturated carbocycles. The second-order valence-corrected chi connectivity index (χ2v) is 3.66. The van der Waals surface area contributed by atoms with Gasteiger partial charge in [0.15, 0.2) is 0 Å². The van der Waals surface area contributed by atoms with E-state index in [1.165, 1.54) is 0 Å². The molecule has 0 aliphatic carbocycles. The molecule has 76 valence electrons. The summed E-state index contributed by atoms with van der Waals surface area (Å²) in [7, 11) is 0. The molecule has 0 aliphatic rings. The zero-order chi connectivity index (χ0) is 10.3. The van der Waals surface area contributed by atoms with E-state index in [-0.39, 0.29) is 0 Å². The topological polar surface area (TPSA) is 53.0 Å². The lowest BCUT2D eigenvalue weighted by Crippen LogP contribution is -2.35. The van der Waals surface area contributed by atoms with Crippen molar-refractivity contribution in [3.63, 3.8) is 0 Å². The maximum Gasteiger partial charge on any atom is 0.101 e. The first-order valence-electron chi connectivity index (χ1n) is 4.98. The Kier molecular flexibility index (Phi) is 5.68. The van der Waals surface area contributed by atoms with Gasteiger partial charge in [-0.05, 0) is 39.4 Å². The van der Waals surface area contributed by atoms with E-state index in [1.54, 1.807) is 6.92 Å². The Hall–Kier alpha value is -0.590. The molecule has 0 fully saturated rings. The van der Waals surface area contributed by atoms with Gasteiger partial charge in [-0.15, -0.1) is 0 Å². The summed E-state index contributed by atoms with van der Waals surface area (Å²) in [4.78, 5) is 2.34. The highest BCUT2D eigenvalue weighted by molar-refractivity contribution is 5.00. The van der Waals surface area contributed by atoms with Crippen LogP contribution in [0.1, 0.15) is 33.6 Å². The standard InChI is InChI=1S/C10H21N3/c1-4-13(5-2)8-6-7-10(3,12)9-11/h4-8,12H2,1-3H3. The molecule has 0 aromatic heterocycles. The van der Waals surface area contributed by atoms with Gasteiger partial charge in [-0.2, -0.15) is 5.26 Å². The molecule has 2 N–H and O–H groups in total. The van der Waals surface area contributed by atoms with Crippen molar-refractivity contribution in [1.29, 1.82) is 5.26 Å². The van der Waals surface area contributed by atoms with Gasteiger partial charge in [0.1, 0.15) is 5.54 Å². The minimum absolute atomic E-state index is 0.646. The fourth-order valence-electron chi connectivity index (χ4n) is 1.27. The molecule has 0 amide bonds. The summed E-state index contributed by atoms with van der Waals surface area (Å²) in [5.74, 6) is 0. The van der Waals surface area contributed by atoms with Crippen LogP contribution in [0.25, 0.3) is 0 Å². The maximum atomic E-state index is 8.69. The van der Waals surface area contributed by atoms with Crippen molar-refractivity contribution in [2.75, 3.05) is 19.6 Å². The maximum absolute atomic E-state index is 8.69. The highest BCUT2D eigenvalue weighted by atomic mass is 15.1. The molecule has 0 bridgehead atoms. The van der Waals surface area contributed by atoms with E-state index in [1.807, 2.05) is 0 Å². The molecular weight excluding hydrogens is 162 g/mol. The lowest BCUT2D eigenvalue weighted by molar-refractivity contribution is 0.289. The number of hydrogen-bond acceptors (Lipinski definition) is 3. The van der Waals surface area contributed by atoms with Crippen LogP contribution in [-0.4, -0.2) is 30.1 Å². The molecule has 0 saturated heterocycles. The third-order valence-electron chi connectivity index (χ3n) is 2.32. The minimum atomic E-state index is -0.646. The Balaban J connectivity index is 3.62. The Morgan fingerprint density at radius 1 is 1.38 bits per heavy atom. The van der Waals surface area contributed by atoms with Crippen molar-refractivity contribution < 1.29 is 0 Å².